The molecular formula is C27H36N3O2S2+. The summed E-state index contributed by atoms with van der Waals surface area (Å²) >= 11 is 0. The molecule has 0 saturated carbocycles. The van der Waals surface area contributed by atoms with Crippen LogP contribution >= 0.6 is 21.6 Å². The zero-order chi connectivity index (χ0) is 24.7. The SMILES string of the molecule is CCCCCSSCc1c(C)c(OC)cc[n+]1-c1nc2cc3c(cc2[nH]1)C(C)(C)C(=O)C3(C)C. The maximum Gasteiger partial charge on any atom is 0.402 e. The van der Waals surface area contributed by atoms with E-state index in [1.54, 1.807) is 7.11 Å². The molecule has 0 aliphatic heterocycles. The van der Waals surface area contributed by atoms with Gasteiger partial charge in [0.25, 0.3) is 0 Å². The summed E-state index contributed by atoms with van der Waals surface area (Å²) in [5, 5.41) is 0. The number of aromatic amines is 1. The standard InChI is InChI=1S/C27H36N3O2S2/c1-8-9-10-13-33-34-16-22-17(2)23(32-7)11-12-30(22)25-28-20-14-18-19(15-21(20)29-25)27(5,6)24(31)26(18,3)4/h11-12,14-15H,8-10,13,16H2,1-7H3,(H,28,29)/q+1. The van der Waals surface area contributed by atoms with E-state index in [0.717, 1.165) is 45.2 Å². The van der Waals surface area contributed by atoms with Crippen molar-refractivity contribution in [1.29, 1.82) is 0 Å². The molecule has 2 heterocycles. The number of fused-ring (bicyclic) bond motifs is 2. The number of hydrogen-bond donors (Lipinski definition) is 1. The van der Waals surface area contributed by atoms with Crippen LogP contribution in [0.4, 0.5) is 0 Å². The first-order valence-electron chi connectivity index (χ1n) is 12.1. The lowest BCUT2D eigenvalue weighted by Gasteiger charge is -2.21. The largest absolute Gasteiger partial charge is 0.496 e. The first kappa shape index (κ1) is 25.1. The third kappa shape index (κ3) is 4.26. The minimum absolute atomic E-state index is 0.263. The molecule has 0 saturated heterocycles. The van der Waals surface area contributed by atoms with Gasteiger partial charge in [-0.05, 0) is 64.3 Å². The number of nitrogens with zero attached hydrogens (tertiary/aromatic N) is 2. The van der Waals surface area contributed by atoms with Crippen LogP contribution in [0.5, 0.6) is 5.75 Å². The summed E-state index contributed by atoms with van der Waals surface area (Å²) in [4.78, 5) is 21.6. The van der Waals surface area contributed by atoms with Crippen molar-refractivity contribution in [2.45, 2.75) is 77.4 Å². The molecule has 7 heteroatoms. The molecule has 0 fully saturated rings. The third-order valence-electron chi connectivity index (χ3n) is 7.12. The number of imidazole rings is 1. The van der Waals surface area contributed by atoms with Crippen LogP contribution in [0.2, 0.25) is 0 Å². The smallest absolute Gasteiger partial charge is 0.402 e. The fourth-order valence-corrected chi connectivity index (χ4v) is 7.34. The highest BCUT2D eigenvalue weighted by Gasteiger charge is 2.50. The minimum atomic E-state index is -0.507. The van der Waals surface area contributed by atoms with E-state index >= 15 is 0 Å². The number of ketones is 1. The first-order chi connectivity index (χ1) is 16.1. The zero-order valence-corrected chi connectivity index (χ0v) is 23.0. The Hall–Kier alpha value is -1.99. The summed E-state index contributed by atoms with van der Waals surface area (Å²) in [6, 6.07) is 6.23. The Labute approximate surface area is 210 Å². The van der Waals surface area contributed by atoms with Crippen molar-refractivity contribution in [3.63, 3.8) is 0 Å². The van der Waals surface area contributed by atoms with Gasteiger partial charge in [-0.2, -0.15) is 0 Å². The fraction of sp³-hybridized carbons (Fsp3) is 0.519. The van der Waals surface area contributed by atoms with Crippen LogP contribution in [0, 0.1) is 6.92 Å². The van der Waals surface area contributed by atoms with E-state index in [1.165, 1.54) is 30.7 Å². The maximum absolute atomic E-state index is 13.1. The molecule has 0 bridgehead atoms. The molecule has 0 spiro atoms. The molecule has 4 rings (SSSR count). The van der Waals surface area contributed by atoms with Gasteiger partial charge in [0.05, 0.1) is 19.1 Å². The lowest BCUT2D eigenvalue weighted by molar-refractivity contribution is -0.610. The predicted molar refractivity (Wildman–Crippen MR) is 143 cm³/mol. The lowest BCUT2D eigenvalue weighted by Crippen LogP contribution is -2.37. The van der Waals surface area contributed by atoms with Crippen LogP contribution in [-0.2, 0) is 21.4 Å². The fourth-order valence-electron chi connectivity index (χ4n) is 5.06. The number of H-pyrrole nitrogens is 1. The average Bonchev–Trinajstić information content (AvgIpc) is 3.28. The number of carbonyl (C=O) groups excluding carboxylic acids is 1. The van der Waals surface area contributed by atoms with Gasteiger partial charge in [0.2, 0.25) is 0 Å². The summed E-state index contributed by atoms with van der Waals surface area (Å²) < 4.78 is 7.76. The highest BCUT2D eigenvalue weighted by molar-refractivity contribution is 8.76. The van der Waals surface area contributed by atoms with E-state index in [1.807, 2.05) is 61.5 Å². The second kappa shape index (κ2) is 9.57. The number of carbonyl (C=O) groups is 1. The van der Waals surface area contributed by atoms with Gasteiger partial charge in [-0.3, -0.25) is 4.79 Å². The number of aromatic nitrogens is 3. The van der Waals surface area contributed by atoms with Crippen molar-refractivity contribution < 1.29 is 14.1 Å². The van der Waals surface area contributed by atoms with Gasteiger partial charge in [0, 0.05) is 28.2 Å². The van der Waals surface area contributed by atoms with Crippen LogP contribution in [0.15, 0.2) is 24.4 Å². The monoisotopic (exact) mass is 498 g/mol. The molecular weight excluding hydrogens is 462 g/mol. The minimum Gasteiger partial charge on any atom is -0.496 e. The molecule has 1 N–H and O–H groups in total. The molecule has 3 aromatic rings. The number of methoxy groups -OCH3 is 1. The van der Waals surface area contributed by atoms with E-state index in [2.05, 4.69) is 35.5 Å². The molecule has 2 aromatic heterocycles. The first-order valence-corrected chi connectivity index (χ1v) is 14.5. The molecule has 0 atom stereocenters. The highest BCUT2D eigenvalue weighted by atomic mass is 33.1. The van der Waals surface area contributed by atoms with Crippen LogP contribution in [-0.4, -0.2) is 28.6 Å². The molecule has 0 amide bonds. The Kier molecular flexibility index (Phi) is 7.07. The predicted octanol–water partition coefficient (Wildman–Crippen LogP) is 6.37. The summed E-state index contributed by atoms with van der Waals surface area (Å²) in [6.45, 7) is 12.5. The van der Waals surface area contributed by atoms with E-state index in [0.29, 0.717) is 0 Å². The van der Waals surface area contributed by atoms with Crippen molar-refractivity contribution in [1.82, 2.24) is 9.97 Å². The van der Waals surface area contributed by atoms with Crippen molar-refractivity contribution in [3.05, 3.63) is 46.8 Å². The van der Waals surface area contributed by atoms with E-state index in [9.17, 15) is 4.79 Å². The van der Waals surface area contributed by atoms with Gasteiger partial charge in [-0.15, -0.1) is 0 Å². The Bertz CT molecular complexity index is 1180. The Morgan fingerprint density at radius 3 is 2.47 bits per heavy atom. The Morgan fingerprint density at radius 1 is 1.09 bits per heavy atom. The van der Waals surface area contributed by atoms with Crippen molar-refractivity contribution in [2.24, 2.45) is 0 Å². The van der Waals surface area contributed by atoms with E-state index in [-0.39, 0.29) is 5.78 Å². The number of nitrogens with one attached hydrogen (secondary N) is 1. The quantitative estimate of drug-likeness (QED) is 0.211. The van der Waals surface area contributed by atoms with Gasteiger partial charge >= 0.3 is 5.95 Å². The molecule has 0 radical (unpaired) electrons. The van der Waals surface area contributed by atoms with Gasteiger partial charge in [-0.25, -0.2) is 9.55 Å². The molecule has 1 aromatic carbocycles. The topological polar surface area (TPSA) is 58.9 Å². The van der Waals surface area contributed by atoms with Gasteiger partial charge in [-0.1, -0.05) is 46.3 Å². The highest BCUT2D eigenvalue weighted by Crippen LogP contribution is 2.47. The number of Topliss-reactive ketones (excluding diaryl/α,β-unsaturated/α-hetero) is 1. The van der Waals surface area contributed by atoms with Crippen molar-refractivity contribution in [3.8, 4) is 11.7 Å². The van der Waals surface area contributed by atoms with Crippen molar-refractivity contribution in [2.75, 3.05) is 12.9 Å². The molecule has 1 aliphatic carbocycles. The summed E-state index contributed by atoms with van der Waals surface area (Å²) in [5.41, 5.74) is 5.33. The normalized spacial score (nSPS) is 16.3. The Balaban J connectivity index is 1.72. The van der Waals surface area contributed by atoms with Gasteiger partial charge in [0.15, 0.2) is 11.3 Å². The van der Waals surface area contributed by atoms with E-state index in [4.69, 9.17) is 9.72 Å². The van der Waals surface area contributed by atoms with Crippen LogP contribution in [0.3, 0.4) is 0 Å². The van der Waals surface area contributed by atoms with Crippen LogP contribution in [0.25, 0.3) is 17.0 Å². The van der Waals surface area contributed by atoms with E-state index < -0.39 is 10.8 Å². The number of rotatable bonds is 9. The number of hydrogen-bond acceptors (Lipinski definition) is 5. The maximum atomic E-state index is 13.1. The number of pyridine rings is 1. The molecule has 34 heavy (non-hydrogen) atoms. The number of unbranched alkanes of at least 4 members (excludes halogenated alkanes) is 2. The Morgan fingerprint density at radius 2 is 1.79 bits per heavy atom. The number of benzene rings is 1. The molecule has 0 unspecified atom stereocenters. The summed E-state index contributed by atoms with van der Waals surface area (Å²) in [7, 11) is 5.54. The third-order valence-corrected chi connectivity index (χ3v) is 9.48. The number of ether oxygens (including phenoxy) is 1. The molecule has 1 aliphatic rings. The molecule has 5 nitrogen and oxygen atoms in total. The molecule has 182 valence electrons. The van der Waals surface area contributed by atoms with Gasteiger partial charge in [0.1, 0.15) is 17.0 Å². The van der Waals surface area contributed by atoms with Crippen LogP contribution in [0.1, 0.15) is 76.3 Å². The lowest BCUT2D eigenvalue weighted by atomic mass is 9.80. The van der Waals surface area contributed by atoms with Crippen LogP contribution < -0.4 is 9.30 Å². The van der Waals surface area contributed by atoms with Crippen molar-refractivity contribution >= 4 is 38.4 Å². The average molecular weight is 499 g/mol. The second-order valence-corrected chi connectivity index (χ2v) is 12.8. The zero-order valence-electron chi connectivity index (χ0n) is 21.4. The summed E-state index contributed by atoms with van der Waals surface area (Å²) in [6.07, 6.45) is 5.83. The second-order valence-electron chi connectivity index (χ2n) is 10.2. The van der Waals surface area contributed by atoms with Gasteiger partial charge < -0.3 is 4.74 Å². The summed E-state index contributed by atoms with van der Waals surface area (Å²) in [5.74, 6) is 3.97.